The summed E-state index contributed by atoms with van der Waals surface area (Å²) in [5, 5.41) is 31.5. The second-order valence-electron chi connectivity index (χ2n) is 11.9. The summed E-state index contributed by atoms with van der Waals surface area (Å²) in [7, 11) is 0. The standard InChI is InChI=1S/C37H43N5O7/c1-25(2)32(42-37(47)49-24-29-17-9-10-19-39-29)35(45)40-30(20-26-12-5-3-6-13-26)33(43)34(44)31(21-27-14-7-4-8-15-27)41-36(46)48-23-28-16-11-18-38-22-28/h3-19,22,25,30-34,43-44H,20-21,23-24H2,1-2H3,(H,40,45)(H,41,46)(H,42,47)/t30-,31-,32-,33+,34+/m0/s1. The molecule has 5 N–H and O–H groups in total. The van der Waals surface area contributed by atoms with Gasteiger partial charge in [-0.15, -0.1) is 0 Å². The van der Waals surface area contributed by atoms with E-state index in [0.29, 0.717) is 11.3 Å². The van der Waals surface area contributed by atoms with E-state index in [-0.39, 0.29) is 32.0 Å². The van der Waals surface area contributed by atoms with Gasteiger partial charge in [0.25, 0.3) is 0 Å². The molecular weight excluding hydrogens is 626 g/mol. The second-order valence-corrected chi connectivity index (χ2v) is 11.9. The van der Waals surface area contributed by atoms with Gasteiger partial charge < -0.3 is 35.6 Å². The Kier molecular flexibility index (Phi) is 14.1. The van der Waals surface area contributed by atoms with E-state index in [1.54, 1.807) is 62.8 Å². The number of aromatic nitrogens is 2. The highest BCUT2D eigenvalue weighted by Gasteiger charge is 2.36. The van der Waals surface area contributed by atoms with Gasteiger partial charge in [0.15, 0.2) is 0 Å². The van der Waals surface area contributed by atoms with Crippen LogP contribution in [0.3, 0.4) is 0 Å². The Morgan fingerprint density at radius 1 is 0.653 bits per heavy atom. The van der Waals surface area contributed by atoms with Gasteiger partial charge in [0.05, 0.1) is 17.8 Å². The maximum absolute atomic E-state index is 13.7. The Balaban J connectivity index is 1.50. The Morgan fingerprint density at radius 3 is 1.76 bits per heavy atom. The van der Waals surface area contributed by atoms with Crippen LogP contribution in [0, 0.1) is 5.92 Å². The molecule has 0 spiro atoms. The molecule has 0 aliphatic carbocycles. The third kappa shape index (κ3) is 12.0. The van der Waals surface area contributed by atoms with Crippen molar-refractivity contribution in [3.05, 3.63) is 132 Å². The van der Waals surface area contributed by atoms with E-state index >= 15 is 0 Å². The van der Waals surface area contributed by atoms with Gasteiger partial charge in [0, 0.05) is 24.2 Å². The maximum Gasteiger partial charge on any atom is 0.408 e. The Morgan fingerprint density at radius 2 is 1.20 bits per heavy atom. The van der Waals surface area contributed by atoms with Gasteiger partial charge in [0.1, 0.15) is 31.5 Å². The molecule has 258 valence electrons. The van der Waals surface area contributed by atoms with Crippen LogP contribution in [0.25, 0.3) is 0 Å². The van der Waals surface area contributed by atoms with E-state index in [4.69, 9.17) is 9.47 Å². The predicted molar refractivity (Wildman–Crippen MR) is 182 cm³/mol. The highest BCUT2D eigenvalue weighted by Crippen LogP contribution is 2.16. The third-order valence-corrected chi connectivity index (χ3v) is 7.79. The van der Waals surface area contributed by atoms with E-state index in [2.05, 4.69) is 25.9 Å². The SMILES string of the molecule is CC(C)[C@H](NC(=O)OCc1ccccn1)C(=O)N[C@@H](Cc1ccccc1)[C@@H](O)[C@H](O)[C@H](Cc1ccccc1)NC(=O)OCc1cccnc1. The Hall–Kier alpha value is -5.33. The fourth-order valence-corrected chi connectivity index (χ4v) is 5.15. The topological polar surface area (TPSA) is 172 Å². The molecule has 49 heavy (non-hydrogen) atoms. The second kappa shape index (κ2) is 18.9. The monoisotopic (exact) mass is 669 g/mol. The number of hydrogen-bond acceptors (Lipinski definition) is 9. The van der Waals surface area contributed by atoms with Gasteiger partial charge in [0.2, 0.25) is 5.91 Å². The zero-order chi connectivity index (χ0) is 35.0. The molecule has 2 aromatic carbocycles. The summed E-state index contributed by atoms with van der Waals surface area (Å²) < 4.78 is 10.7. The lowest BCUT2D eigenvalue weighted by molar-refractivity contribution is -0.126. The molecule has 4 rings (SSSR count). The van der Waals surface area contributed by atoms with Gasteiger partial charge >= 0.3 is 12.2 Å². The summed E-state index contributed by atoms with van der Waals surface area (Å²) in [5.41, 5.74) is 2.80. The molecule has 2 heterocycles. The number of carbonyl (C=O) groups is 3. The first-order valence-electron chi connectivity index (χ1n) is 16.1. The molecule has 3 amide bonds. The molecule has 12 nitrogen and oxygen atoms in total. The fraction of sp³-hybridized carbons (Fsp3) is 0.324. The fourth-order valence-electron chi connectivity index (χ4n) is 5.15. The van der Waals surface area contributed by atoms with Gasteiger partial charge in [-0.2, -0.15) is 0 Å². The smallest absolute Gasteiger partial charge is 0.408 e. The molecule has 0 radical (unpaired) electrons. The van der Waals surface area contributed by atoms with Crippen LogP contribution < -0.4 is 16.0 Å². The van der Waals surface area contributed by atoms with Gasteiger partial charge in [-0.1, -0.05) is 86.6 Å². The highest BCUT2D eigenvalue weighted by molar-refractivity contribution is 5.86. The minimum absolute atomic E-state index is 0.0447. The molecule has 0 unspecified atom stereocenters. The molecular formula is C37H43N5O7. The molecule has 5 atom stereocenters. The number of ether oxygens (including phenoxy) is 2. The van der Waals surface area contributed by atoms with E-state index in [9.17, 15) is 24.6 Å². The van der Waals surface area contributed by atoms with E-state index in [1.807, 2.05) is 60.7 Å². The molecule has 0 aliphatic heterocycles. The van der Waals surface area contributed by atoms with Gasteiger partial charge in [-0.3, -0.25) is 14.8 Å². The summed E-state index contributed by atoms with van der Waals surface area (Å²) in [4.78, 5) is 47.4. The van der Waals surface area contributed by atoms with Crippen LogP contribution in [0.4, 0.5) is 9.59 Å². The summed E-state index contributed by atoms with van der Waals surface area (Å²) in [6.07, 6.45) is 0.354. The quantitative estimate of drug-likeness (QED) is 0.119. The van der Waals surface area contributed by atoms with E-state index < -0.39 is 48.4 Å². The summed E-state index contributed by atoms with van der Waals surface area (Å²) in [6.45, 7) is 3.40. The molecule has 12 heteroatoms. The number of carbonyl (C=O) groups excluding carboxylic acids is 3. The number of aliphatic hydroxyl groups excluding tert-OH is 2. The molecule has 0 saturated carbocycles. The molecule has 2 aromatic heterocycles. The van der Waals surface area contributed by atoms with Crippen LogP contribution in [0.15, 0.2) is 110 Å². The first kappa shape index (κ1) is 36.5. The predicted octanol–water partition coefficient (Wildman–Crippen LogP) is 3.71. The van der Waals surface area contributed by atoms with Crippen molar-refractivity contribution in [2.24, 2.45) is 5.92 Å². The summed E-state index contributed by atoms with van der Waals surface area (Å²) in [6, 6.07) is 24.0. The maximum atomic E-state index is 13.7. The van der Waals surface area contributed by atoms with Crippen molar-refractivity contribution < 1.29 is 34.1 Å². The molecule has 4 aromatic rings. The lowest BCUT2D eigenvalue weighted by atomic mass is 9.90. The number of pyridine rings is 2. The summed E-state index contributed by atoms with van der Waals surface area (Å²) in [5.74, 6) is -0.940. The first-order valence-corrected chi connectivity index (χ1v) is 16.1. The number of benzene rings is 2. The van der Waals surface area contributed by atoms with Crippen molar-refractivity contribution in [2.75, 3.05) is 0 Å². The highest BCUT2D eigenvalue weighted by atomic mass is 16.6. The lowest BCUT2D eigenvalue weighted by Crippen LogP contribution is -2.60. The largest absolute Gasteiger partial charge is 0.445 e. The number of amides is 3. The molecule has 0 bridgehead atoms. The van der Waals surface area contributed by atoms with Crippen LogP contribution in [0.1, 0.15) is 36.2 Å². The number of nitrogens with zero attached hydrogens (tertiary/aromatic N) is 2. The van der Waals surface area contributed by atoms with Crippen LogP contribution in [-0.4, -0.2) is 68.6 Å². The zero-order valence-electron chi connectivity index (χ0n) is 27.5. The number of rotatable bonds is 16. The van der Waals surface area contributed by atoms with Crippen LogP contribution >= 0.6 is 0 Å². The first-order chi connectivity index (χ1) is 23.7. The van der Waals surface area contributed by atoms with Crippen molar-refractivity contribution in [3.63, 3.8) is 0 Å². The average molecular weight is 670 g/mol. The zero-order valence-corrected chi connectivity index (χ0v) is 27.5. The van der Waals surface area contributed by atoms with E-state index in [1.165, 1.54) is 0 Å². The molecule has 0 saturated heterocycles. The van der Waals surface area contributed by atoms with Gasteiger partial charge in [-0.05, 0) is 48.1 Å². The van der Waals surface area contributed by atoms with Crippen molar-refractivity contribution >= 4 is 18.1 Å². The number of nitrogens with one attached hydrogen (secondary N) is 3. The lowest BCUT2D eigenvalue weighted by Gasteiger charge is -2.34. The number of alkyl carbamates (subject to hydrolysis) is 2. The van der Waals surface area contributed by atoms with Crippen molar-refractivity contribution in [3.8, 4) is 0 Å². The van der Waals surface area contributed by atoms with Crippen LogP contribution in [-0.2, 0) is 40.3 Å². The molecule has 0 aliphatic rings. The number of aliphatic hydroxyl groups is 2. The number of hydrogen-bond donors (Lipinski definition) is 5. The van der Waals surface area contributed by atoms with Crippen molar-refractivity contribution in [1.82, 2.24) is 25.9 Å². The van der Waals surface area contributed by atoms with Crippen LogP contribution in [0.5, 0.6) is 0 Å². The van der Waals surface area contributed by atoms with E-state index in [0.717, 1.165) is 11.1 Å². The average Bonchev–Trinajstić information content (AvgIpc) is 3.12. The van der Waals surface area contributed by atoms with Crippen molar-refractivity contribution in [1.29, 1.82) is 0 Å². The Bertz CT molecular complexity index is 1580. The van der Waals surface area contributed by atoms with Crippen molar-refractivity contribution in [2.45, 2.75) is 70.2 Å². The van der Waals surface area contributed by atoms with Gasteiger partial charge in [-0.25, -0.2) is 9.59 Å². The summed E-state index contributed by atoms with van der Waals surface area (Å²) >= 11 is 0. The Labute approximate surface area is 285 Å². The minimum Gasteiger partial charge on any atom is -0.445 e. The van der Waals surface area contributed by atoms with Crippen LogP contribution in [0.2, 0.25) is 0 Å². The normalized spacial score (nSPS) is 14.1. The minimum atomic E-state index is -1.56. The molecule has 0 fully saturated rings. The third-order valence-electron chi connectivity index (χ3n) is 7.79.